The number of rotatable bonds is 10. The average Bonchev–Trinajstić information content (AvgIpc) is 2.80. The Balaban J connectivity index is 3.13. The largest absolute Gasteiger partial charge is 0.376 e. The first kappa shape index (κ1) is 18.7. The van der Waals surface area contributed by atoms with Gasteiger partial charge in [0.05, 0.1) is 28.5 Å². The minimum absolute atomic E-state index is 0.144. The van der Waals surface area contributed by atoms with Gasteiger partial charge in [0, 0.05) is 13.2 Å². The smallest absolute Gasteiger partial charge is 0.0808 e. The van der Waals surface area contributed by atoms with Gasteiger partial charge >= 0.3 is 0 Å². The fraction of sp³-hybridized carbons (Fsp3) is 0.812. The van der Waals surface area contributed by atoms with Crippen molar-refractivity contribution in [2.45, 2.75) is 66.2 Å². The summed E-state index contributed by atoms with van der Waals surface area (Å²) < 4.78 is 9.22. The predicted molar refractivity (Wildman–Crippen MR) is 91.5 cm³/mol. The molecule has 2 unspecified atom stereocenters. The Bertz CT molecular complexity index is 406. The molecule has 0 aliphatic heterocycles. The second-order valence-corrected chi connectivity index (χ2v) is 6.55. The Morgan fingerprint density at radius 1 is 1.29 bits per heavy atom. The van der Waals surface area contributed by atoms with Crippen molar-refractivity contribution in [1.82, 2.24) is 15.1 Å². The maximum Gasteiger partial charge on any atom is 0.0808 e. The Labute approximate surface area is 137 Å². The molecule has 122 valence electrons. The van der Waals surface area contributed by atoms with Crippen molar-refractivity contribution < 1.29 is 4.74 Å². The summed E-state index contributed by atoms with van der Waals surface area (Å²) >= 11 is 3.67. The Morgan fingerprint density at radius 3 is 2.52 bits per heavy atom. The molecule has 0 radical (unpaired) electrons. The van der Waals surface area contributed by atoms with Crippen molar-refractivity contribution in [2.24, 2.45) is 5.92 Å². The molecule has 0 saturated carbocycles. The van der Waals surface area contributed by atoms with E-state index in [1.54, 1.807) is 0 Å². The van der Waals surface area contributed by atoms with E-state index < -0.39 is 0 Å². The number of aryl methyl sites for hydroxylation is 1. The minimum atomic E-state index is 0.144. The molecule has 5 heteroatoms. The molecule has 0 aliphatic rings. The Kier molecular flexibility index (Phi) is 8.52. The van der Waals surface area contributed by atoms with Crippen molar-refractivity contribution in [1.29, 1.82) is 0 Å². The van der Waals surface area contributed by atoms with Gasteiger partial charge in [-0.05, 0) is 48.2 Å². The van der Waals surface area contributed by atoms with E-state index >= 15 is 0 Å². The fourth-order valence-electron chi connectivity index (χ4n) is 2.61. The number of nitrogens with zero attached hydrogens (tertiary/aromatic N) is 2. The average molecular weight is 360 g/mol. The molecule has 1 heterocycles. The second kappa shape index (κ2) is 9.59. The van der Waals surface area contributed by atoms with Gasteiger partial charge in [-0.2, -0.15) is 5.10 Å². The van der Waals surface area contributed by atoms with Crippen LogP contribution in [-0.4, -0.2) is 29.0 Å². The zero-order valence-electron chi connectivity index (χ0n) is 14.0. The molecule has 1 rings (SSSR count). The zero-order chi connectivity index (χ0) is 15.8. The molecule has 2 atom stereocenters. The third kappa shape index (κ3) is 5.08. The van der Waals surface area contributed by atoms with E-state index in [1.807, 2.05) is 6.20 Å². The maximum absolute atomic E-state index is 6.05. The minimum Gasteiger partial charge on any atom is -0.376 e. The number of halogens is 1. The molecule has 0 amide bonds. The van der Waals surface area contributed by atoms with Gasteiger partial charge in [-0.1, -0.05) is 27.7 Å². The molecule has 1 aromatic rings. The predicted octanol–water partition coefficient (Wildman–Crippen LogP) is 4.16. The van der Waals surface area contributed by atoms with Gasteiger partial charge in [-0.15, -0.1) is 0 Å². The highest BCUT2D eigenvalue weighted by molar-refractivity contribution is 9.10. The van der Waals surface area contributed by atoms with Crippen LogP contribution in [0.15, 0.2) is 10.7 Å². The maximum atomic E-state index is 6.05. The van der Waals surface area contributed by atoms with E-state index in [4.69, 9.17) is 4.74 Å². The van der Waals surface area contributed by atoms with Crippen molar-refractivity contribution >= 4 is 15.9 Å². The molecule has 0 fully saturated rings. The highest BCUT2D eigenvalue weighted by Gasteiger charge is 2.30. The molecular weight excluding hydrogens is 330 g/mol. The lowest BCUT2D eigenvalue weighted by Gasteiger charge is -2.31. The van der Waals surface area contributed by atoms with Crippen LogP contribution in [0.2, 0.25) is 0 Å². The van der Waals surface area contributed by atoms with Crippen LogP contribution in [-0.2, 0) is 11.3 Å². The van der Waals surface area contributed by atoms with Crippen molar-refractivity contribution in [3.63, 3.8) is 0 Å². The highest BCUT2D eigenvalue weighted by atomic mass is 79.9. The molecule has 4 nitrogen and oxygen atoms in total. The molecule has 21 heavy (non-hydrogen) atoms. The lowest BCUT2D eigenvalue weighted by atomic mass is 9.96. The highest BCUT2D eigenvalue weighted by Crippen LogP contribution is 2.30. The third-order valence-corrected chi connectivity index (χ3v) is 4.13. The lowest BCUT2D eigenvalue weighted by Crippen LogP contribution is -2.39. The summed E-state index contributed by atoms with van der Waals surface area (Å²) in [7, 11) is 0. The molecule has 0 bridgehead atoms. The number of hydrogen-bond acceptors (Lipinski definition) is 3. The van der Waals surface area contributed by atoms with Gasteiger partial charge in [0.25, 0.3) is 0 Å². The summed E-state index contributed by atoms with van der Waals surface area (Å²) in [6, 6.07) is 0.160. The monoisotopic (exact) mass is 359 g/mol. The fourth-order valence-corrected chi connectivity index (χ4v) is 3.15. The summed E-state index contributed by atoms with van der Waals surface area (Å²) in [5.74, 6) is 0.441. The van der Waals surface area contributed by atoms with Crippen LogP contribution in [0, 0.1) is 5.92 Å². The first-order valence-corrected chi connectivity index (χ1v) is 8.92. The first-order chi connectivity index (χ1) is 10.1. The molecule has 0 spiro atoms. The van der Waals surface area contributed by atoms with Gasteiger partial charge in [0.2, 0.25) is 0 Å². The molecular formula is C16H30BrN3O. The van der Waals surface area contributed by atoms with Crippen LogP contribution in [0.3, 0.4) is 0 Å². The summed E-state index contributed by atoms with van der Waals surface area (Å²) in [5.41, 5.74) is 1.21. The lowest BCUT2D eigenvalue weighted by molar-refractivity contribution is 0.000555. The van der Waals surface area contributed by atoms with E-state index in [0.29, 0.717) is 5.92 Å². The van der Waals surface area contributed by atoms with Crippen molar-refractivity contribution in [3.8, 4) is 0 Å². The van der Waals surface area contributed by atoms with Crippen LogP contribution in [0.25, 0.3) is 0 Å². The Hall–Kier alpha value is -0.390. The summed E-state index contributed by atoms with van der Waals surface area (Å²) in [6.45, 7) is 13.5. The molecule has 0 saturated heterocycles. The molecule has 0 aliphatic carbocycles. The van der Waals surface area contributed by atoms with Crippen LogP contribution in [0.5, 0.6) is 0 Å². The number of nitrogens with one attached hydrogen (secondary N) is 1. The third-order valence-electron chi connectivity index (χ3n) is 3.52. The SMILES string of the molecule is CCCNC(c1c(Br)cnn1CCC)C(OCC)C(C)C. The van der Waals surface area contributed by atoms with E-state index in [-0.39, 0.29) is 12.1 Å². The van der Waals surface area contributed by atoms with E-state index in [9.17, 15) is 0 Å². The van der Waals surface area contributed by atoms with Crippen molar-refractivity contribution in [2.75, 3.05) is 13.2 Å². The van der Waals surface area contributed by atoms with Gasteiger partial charge in [0.1, 0.15) is 0 Å². The second-order valence-electron chi connectivity index (χ2n) is 5.70. The van der Waals surface area contributed by atoms with Gasteiger partial charge in [0.15, 0.2) is 0 Å². The summed E-state index contributed by atoms with van der Waals surface area (Å²) in [4.78, 5) is 0. The summed E-state index contributed by atoms with van der Waals surface area (Å²) in [5, 5.41) is 8.17. The molecule has 1 aromatic heterocycles. The van der Waals surface area contributed by atoms with Crippen molar-refractivity contribution in [3.05, 3.63) is 16.4 Å². The van der Waals surface area contributed by atoms with Crippen LogP contribution >= 0.6 is 15.9 Å². The molecule has 0 aromatic carbocycles. The van der Waals surface area contributed by atoms with Crippen LogP contribution < -0.4 is 5.32 Å². The Morgan fingerprint density at radius 2 is 2.00 bits per heavy atom. The zero-order valence-corrected chi connectivity index (χ0v) is 15.6. The standard InChI is InChI=1S/C16H30BrN3O/c1-6-9-18-14(16(12(4)5)21-8-3)15-13(17)11-19-20(15)10-7-2/h11-12,14,16,18H,6-10H2,1-5H3. The first-order valence-electron chi connectivity index (χ1n) is 8.12. The number of ether oxygens (including phenoxy) is 1. The van der Waals surface area contributed by atoms with E-state index in [2.05, 4.69) is 65.6 Å². The van der Waals surface area contributed by atoms with Gasteiger partial charge in [-0.25, -0.2) is 0 Å². The van der Waals surface area contributed by atoms with Gasteiger partial charge in [-0.3, -0.25) is 4.68 Å². The van der Waals surface area contributed by atoms with Gasteiger partial charge < -0.3 is 10.1 Å². The number of hydrogen-bond donors (Lipinski definition) is 1. The number of aromatic nitrogens is 2. The normalized spacial score (nSPS) is 14.6. The topological polar surface area (TPSA) is 39.1 Å². The summed E-state index contributed by atoms with van der Waals surface area (Å²) in [6.07, 6.45) is 4.22. The molecule has 1 N–H and O–H groups in total. The quantitative estimate of drug-likeness (QED) is 0.681. The van der Waals surface area contributed by atoms with Crippen LogP contribution in [0.1, 0.15) is 59.2 Å². The van der Waals surface area contributed by atoms with E-state index in [0.717, 1.165) is 37.0 Å². The van der Waals surface area contributed by atoms with Crippen LogP contribution in [0.4, 0.5) is 0 Å². The van der Waals surface area contributed by atoms with E-state index in [1.165, 1.54) is 5.69 Å².